The topological polar surface area (TPSA) is 46.2 Å². The van der Waals surface area contributed by atoms with Crippen LogP contribution >= 0.6 is 0 Å². The molecule has 0 aromatic heterocycles. The molecule has 0 bridgehead atoms. The molecule has 18 heavy (non-hydrogen) atoms. The van der Waals surface area contributed by atoms with Gasteiger partial charge in [-0.1, -0.05) is 26.0 Å². The van der Waals surface area contributed by atoms with E-state index in [-0.39, 0.29) is 5.75 Å². The molecule has 0 aliphatic heterocycles. The maximum absolute atomic E-state index is 12.0. The minimum Gasteiger partial charge on any atom is -0.320 e. The summed E-state index contributed by atoms with van der Waals surface area (Å²) in [5, 5.41) is 2.96. The Hall–Kier alpha value is -0.870. The minimum absolute atomic E-state index is 0.205. The van der Waals surface area contributed by atoms with E-state index in [1.165, 1.54) is 5.56 Å². The van der Waals surface area contributed by atoms with Gasteiger partial charge in [-0.05, 0) is 50.0 Å². The van der Waals surface area contributed by atoms with Gasteiger partial charge in [-0.25, -0.2) is 8.42 Å². The molecule has 1 unspecified atom stereocenters. The van der Waals surface area contributed by atoms with Gasteiger partial charge >= 0.3 is 0 Å². The van der Waals surface area contributed by atoms with Crippen LogP contribution < -0.4 is 5.32 Å². The van der Waals surface area contributed by atoms with Gasteiger partial charge < -0.3 is 5.32 Å². The standard InChI is InChI=1S/C14H23NO2S/c1-4-12(2)13-6-8-14(9-7-13)18(16,17)11-5-10-15-3/h6-9,12,15H,4-5,10-11H2,1-3H3. The normalized spacial score (nSPS) is 13.5. The summed E-state index contributed by atoms with van der Waals surface area (Å²) in [6.07, 6.45) is 1.71. The molecular weight excluding hydrogens is 246 g/mol. The molecule has 0 fully saturated rings. The Morgan fingerprint density at radius 1 is 1.22 bits per heavy atom. The summed E-state index contributed by atoms with van der Waals surface area (Å²) in [5.74, 6) is 0.683. The molecule has 1 N–H and O–H groups in total. The molecule has 1 aromatic carbocycles. The summed E-state index contributed by atoms with van der Waals surface area (Å²) in [6, 6.07) is 7.32. The van der Waals surface area contributed by atoms with Gasteiger partial charge in [0.05, 0.1) is 10.6 Å². The highest BCUT2D eigenvalue weighted by Gasteiger charge is 2.14. The Morgan fingerprint density at radius 2 is 1.83 bits per heavy atom. The van der Waals surface area contributed by atoms with Crippen LogP contribution in [0.15, 0.2) is 29.2 Å². The third-order valence-electron chi connectivity index (χ3n) is 3.26. The average molecular weight is 269 g/mol. The smallest absolute Gasteiger partial charge is 0.178 e. The molecular formula is C14H23NO2S. The van der Waals surface area contributed by atoms with E-state index in [1.807, 2.05) is 19.2 Å². The summed E-state index contributed by atoms with van der Waals surface area (Å²) in [5.41, 5.74) is 1.20. The largest absolute Gasteiger partial charge is 0.320 e. The molecule has 0 heterocycles. The van der Waals surface area contributed by atoms with Crippen molar-refractivity contribution in [1.29, 1.82) is 0 Å². The van der Waals surface area contributed by atoms with Crippen molar-refractivity contribution < 1.29 is 8.42 Å². The van der Waals surface area contributed by atoms with Crippen molar-refractivity contribution in [2.75, 3.05) is 19.3 Å². The number of hydrogen-bond acceptors (Lipinski definition) is 3. The summed E-state index contributed by atoms with van der Waals surface area (Å²) >= 11 is 0. The molecule has 102 valence electrons. The highest BCUT2D eigenvalue weighted by Crippen LogP contribution is 2.21. The van der Waals surface area contributed by atoms with Crippen molar-refractivity contribution in [2.45, 2.75) is 37.5 Å². The van der Waals surface area contributed by atoms with E-state index >= 15 is 0 Å². The van der Waals surface area contributed by atoms with Gasteiger partial charge in [-0.3, -0.25) is 0 Å². The van der Waals surface area contributed by atoms with E-state index in [0.717, 1.165) is 13.0 Å². The Morgan fingerprint density at radius 3 is 2.33 bits per heavy atom. The van der Waals surface area contributed by atoms with Gasteiger partial charge in [-0.2, -0.15) is 0 Å². The van der Waals surface area contributed by atoms with E-state index in [1.54, 1.807) is 12.1 Å². The summed E-state index contributed by atoms with van der Waals surface area (Å²) in [6.45, 7) is 5.01. The summed E-state index contributed by atoms with van der Waals surface area (Å²) in [4.78, 5) is 0.436. The van der Waals surface area contributed by atoms with Crippen molar-refractivity contribution in [3.8, 4) is 0 Å². The van der Waals surface area contributed by atoms with E-state index in [9.17, 15) is 8.42 Å². The van der Waals surface area contributed by atoms with Gasteiger partial charge in [0.25, 0.3) is 0 Å². The molecule has 1 rings (SSSR count). The zero-order chi connectivity index (χ0) is 13.6. The Labute approximate surface area is 111 Å². The van der Waals surface area contributed by atoms with E-state index in [0.29, 0.717) is 17.2 Å². The van der Waals surface area contributed by atoms with E-state index in [2.05, 4.69) is 19.2 Å². The van der Waals surface area contributed by atoms with Gasteiger partial charge in [0, 0.05) is 0 Å². The third-order valence-corrected chi connectivity index (χ3v) is 5.08. The second kappa shape index (κ2) is 6.90. The first-order valence-electron chi connectivity index (χ1n) is 6.48. The number of benzene rings is 1. The van der Waals surface area contributed by atoms with Gasteiger partial charge in [0.2, 0.25) is 0 Å². The third kappa shape index (κ3) is 4.10. The molecule has 0 radical (unpaired) electrons. The lowest BCUT2D eigenvalue weighted by molar-refractivity contribution is 0.591. The van der Waals surface area contributed by atoms with E-state index < -0.39 is 9.84 Å². The second-order valence-corrected chi connectivity index (χ2v) is 6.76. The van der Waals surface area contributed by atoms with Crippen molar-refractivity contribution >= 4 is 9.84 Å². The molecule has 0 amide bonds. The molecule has 0 aliphatic carbocycles. The fraction of sp³-hybridized carbons (Fsp3) is 0.571. The van der Waals surface area contributed by atoms with Crippen LogP contribution in [0.1, 0.15) is 38.2 Å². The number of rotatable bonds is 7. The molecule has 0 saturated heterocycles. The van der Waals surface area contributed by atoms with Crippen LogP contribution in [0, 0.1) is 0 Å². The molecule has 0 saturated carbocycles. The SMILES string of the molecule is CCC(C)c1ccc(S(=O)(=O)CCCNC)cc1. The van der Waals surface area contributed by atoms with Crippen molar-refractivity contribution in [3.63, 3.8) is 0 Å². The molecule has 3 nitrogen and oxygen atoms in total. The fourth-order valence-corrected chi connectivity index (χ4v) is 3.11. The van der Waals surface area contributed by atoms with Crippen molar-refractivity contribution in [3.05, 3.63) is 29.8 Å². The Kier molecular flexibility index (Phi) is 5.82. The molecule has 1 aromatic rings. The van der Waals surface area contributed by atoms with Crippen LogP contribution in [-0.4, -0.2) is 27.8 Å². The second-order valence-electron chi connectivity index (χ2n) is 4.65. The van der Waals surface area contributed by atoms with Crippen LogP contribution in [0.2, 0.25) is 0 Å². The van der Waals surface area contributed by atoms with Crippen LogP contribution in [0.4, 0.5) is 0 Å². The fourth-order valence-electron chi connectivity index (χ4n) is 1.80. The monoisotopic (exact) mass is 269 g/mol. The maximum Gasteiger partial charge on any atom is 0.178 e. The lowest BCUT2D eigenvalue weighted by Crippen LogP contribution is -2.14. The molecule has 0 aliphatic rings. The van der Waals surface area contributed by atoms with Crippen molar-refractivity contribution in [2.24, 2.45) is 0 Å². The highest BCUT2D eigenvalue weighted by molar-refractivity contribution is 7.91. The predicted octanol–water partition coefficient (Wildman–Crippen LogP) is 2.58. The lowest BCUT2D eigenvalue weighted by Gasteiger charge is -2.10. The molecule has 1 atom stereocenters. The summed E-state index contributed by atoms with van der Waals surface area (Å²) < 4.78 is 24.1. The maximum atomic E-state index is 12.0. The summed E-state index contributed by atoms with van der Waals surface area (Å²) in [7, 11) is -1.29. The predicted molar refractivity (Wildman–Crippen MR) is 75.7 cm³/mol. The first-order valence-corrected chi connectivity index (χ1v) is 8.13. The van der Waals surface area contributed by atoms with Crippen LogP contribution in [0.25, 0.3) is 0 Å². The first kappa shape index (κ1) is 15.2. The van der Waals surface area contributed by atoms with Gasteiger partial charge in [0.15, 0.2) is 9.84 Å². The molecule has 4 heteroatoms. The Bertz CT molecular complexity index is 451. The number of nitrogens with one attached hydrogen (secondary N) is 1. The zero-order valence-corrected chi connectivity index (χ0v) is 12.3. The lowest BCUT2D eigenvalue weighted by atomic mass is 9.99. The first-order chi connectivity index (χ1) is 8.51. The van der Waals surface area contributed by atoms with Crippen LogP contribution in [0.3, 0.4) is 0 Å². The zero-order valence-electron chi connectivity index (χ0n) is 11.4. The minimum atomic E-state index is -3.12. The quantitative estimate of drug-likeness (QED) is 0.774. The van der Waals surface area contributed by atoms with Gasteiger partial charge in [-0.15, -0.1) is 0 Å². The van der Waals surface area contributed by atoms with Gasteiger partial charge in [0.1, 0.15) is 0 Å². The van der Waals surface area contributed by atoms with Crippen LogP contribution in [-0.2, 0) is 9.84 Å². The average Bonchev–Trinajstić information content (AvgIpc) is 2.38. The molecule has 0 spiro atoms. The van der Waals surface area contributed by atoms with Crippen LogP contribution in [0.5, 0.6) is 0 Å². The number of sulfone groups is 1. The van der Waals surface area contributed by atoms with Crippen molar-refractivity contribution in [1.82, 2.24) is 5.32 Å². The Balaban J connectivity index is 2.78. The van der Waals surface area contributed by atoms with E-state index in [4.69, 9.17) is 0 Å². The highest BCUT2D eigenvalue weighted by atomic mass is 32.2. The number of hydrogen-bond donors (Lipinski definition) is 1.